The summed E-state index contributed by atoms with van der Waals surface area (Å²) in [6.07, 6.45) is 0. The lowest BCUT2D eigenvalue weighted by atomic mass is 10.1. The molecule has 0 radical (unpaired) electrons. The van der Waals surface area contributed by atoms with Crippen molar-refractivity contribution in [2.75, 3.05) is 24.5 Å². The number of para-hydroxylation sites is 1. The van der Waals surface area contributed by atoms with Crippen molar-refractivity contribution in [2.45, 2.75) is 13.5 Å². The molecule has 0 aliphatic carbocycles. The van der Waals surface area contributed by atoms with E-state index >= 15 is 0 Å². The van der Waals surface area contributed by atoms with Gasteiger partial charge in [-0.05, 0) is 17.7 Å². The molecule has 6 nitrogen and oxygen atoms in total. The van der Waals surface area contributed by atoms with Gasteiger partial charge in [-0.1, -0.05) is 55.5 Å². The molecule has 1 fully saturated rings. The molecule has 0 saturated carbocycles. The molecule has 1 saturated heterocycles. The fraction of sp³-hybridized carbons (Fsp3) is 0.286. The average Bonchev–Trinajstić information content (AvgIpc) is 2.71. The number of anilines is 1. The van der Waals surface area contributed by atoms with Gasteiger partial charge in [0.2, 0.25) is 5.91 Å². The van der Waals surface area contributed by atoms with Crippen LogP contribution in [0.1, 0.15) is 12.5 Å². The summed E-state index contributed by atoms with van der Waals surface area (Å²) in [6.45, 7) is 3.27. The first kappa shape index (κ1) is 18.6. The number of carbonyl (C=O) groups excluding carboxylic acids is 3. The number of rotatable bonds is 6. The van der Waals surface area contributed by atoms with Crippen molar-refractivity contribution >= 4 is 23.4 Å². The Bertz CT molecular complexity index is 808. The molecule has 27 heavy (non-hydrogen) atoms. The van der Waals surface area contributed by atoms with E-state index in [1.54, 1.807) is 19.1 Å². The Balaban J connectivity index is 1.54. The molecule has 1 aliphatic rings. The number of benzene rings is 2. The smallest absolute Gasteiger partial charge is 0.316 e. The molecule has 1 atom stereocenters. The molecule has 3 rings (SSSR count). The lowest BCUT2D eigenvalue weighted by Crippen LogP contribution is -2.56. The summed E-state index contributed by atoms with van der Waals surface area (Å²) in [5.74, 6) is -1.64. The van der Waals surface area contributed by atoms with Crippen LogP contribution in [0, 0.1) is 5.92 Å². The van der Waals surface area contributed by atoms with Gasteiger partial charge < -0.3 is 15.1 Å². The first-order valence-electron chi connectivity index (χ1n) is 9.03. The maximum atomic E-state index is 12.4. The Morgan fingerprint density at radius 2 is 1.59 bits per heavy atom. The largest absolute Gasteiger partial charge is 0.352 e. The SMILES string of the molecule is CC(CN1CCN(c2ccccc2)C(=O)C1=O)C(=O)NCc1ccccc1. The maximum Gasteiger partial charge on any atom is 0.316 e. The number of carbonyl (C=O) groups is 3. The molecule has 0 spiro atoms. The number of hydrogen-bond donors (Lipinski definition) is 1. The first-order chi connectivity index (χ1) is 13.1. The highest BCUT2D eigenvalue weighted by atomic mass is 16.2. The monoisotopic (exact) mass is 365 g/mol. The van der Waals surface area contributed by atoms with Crippen molar-refractivity contribution in [1.82, 2.24) is 10.2 Å². The van der Waals surface area contributed by atoms with E-state index in [4.69, 9.17) is 0 Å². The second-order valence-electron chi connectivity index (χ2n) is 6.65. The standard InChI is InChI=1S/C21H23N3O3/c1-16(19(25)22-14-17-8-4-2-5-9-17)15-23-12-13-24(21(27)20(23)26)18-10-6-3-7-11-18/h2-11,16H,12-15H2,1H3,(H,22,25). The summed E-state index contributed by atoms with van der Waals surface area (Å²) in [7, 11) is 0. The highest BCUT2D eigenvalue weighted by Crippen LogP contribution is 2.18. The second-order valence-corrected chi connectivity index (χ2v) is 6.65. The van der Waals surface area contributed by atoms with Crippen molar-refractivity contribution in [3.63, 3.8) is 0 Å². The third kappa shape index (κ3) is 4.53. The van der Waals surface area contributed by atoms with Gasteiger partial charge in [-0.2, -0.15) is 0 Å². The van der Waals surface area contributed by atoms with Gasteiger partial charge in [0.1, 0.15) is 0 Å². The normalized spacial score (nSPS) is 15.6. The van der Waals surface area contributed by atoms with Crippen molar-refractivity contribution in [1.29, 1.82) is 0 Å². The van der Waals surface area contributed by atoms with Gasteiger partial charge in [-0.3, -0.25) is 14.4 Å². The van der Waals surface area contributed by atoms with Gasteiger partial charge in [0.05, 0.1) is 5.92 Å². The molecule has 0 bridgehead atoms. The van der Waals surface area contributed by atoms with Crippen LogP contribution < -0.4 is 10.2 Å². The van der Waals surface area contributed by atoms with Gasteiger partial charge in [0, 0.05) is 31.9 Å². The van der Waals surface area contributed by atoms with Crippen LogP contribution in [0.2, 0.25) is 0 Å². The maximum absolute atomic E-state index is 12.4. The Kier molecular flexibility index (Phi) is 5.86. The van der Waals surface area contributed by atoms with Crippen LogP contribution >= 0.6 is 0 Å². The average molecular weight is 365 g/mol. The minimum Gasteiger partial charge on any atom is -0.352 e. The first-order valence-corrected chi connectivity index (χ1v) is 9.03. The number of hydrogen-bond acceptors (Lipinski definition) is 3. The topological polar surface area (TPSA) is 69.7 Å². The molecular weight excluding hydrogens is 342 g/mol. The lowest BCUT2D eigenvalue weighted by Gasteiger charge is -2.34. The Morgan fingerprint density at radius 1 is 0.963 bits per heavy atom. The van der Waals surface area contributed by atoms with Crippen LogP contribution in [-0.2, 0) is 20.9 Å². The molecule has 3 amide bonds. The zero-order chi connectivity index (χ0) is 19.2. The number of nitrogens with one attached hydrogen (secondary N) is 1. The summed E-state index contributed by atoms with van der Waals surface area (Å²) in [6, 6.07) is 18.8. The van der Waals surface area contributed by atoms with Gasteiger partial charge in [-0.25, -0.2) is 0 Å². The van der Waals surface area contributed by atoms with Crippen LogP contribution in [0.15, 0.2) is 60.7 Å². The van der Waals surface area contributed by atoms with E-state index < -0.39 is 17.7 Å². The lowest BCUT2D eigenvalue weighted by molar-refractivity contribution is -0.147. The third-order valence-corrected chi connectivity index (χ3v) is 4.63. The predicted octanol–water partition coefficient (Wildman–Crippen LogP) is 1.81. The van der Waals surface area contributed by atoms with Crippen LogP contribution in [0.25, 0.3) is 0 Å². The molecular formula is C21H23N3O3. The fourth-order valence-corrected chi connectivity index (χ4v) is 3.08. The van der Waals surface area contributed by atoms with Crippen molar-refractivity contribution in [3.8, 4) is 0 Å². The molecule has 1 unspecified atom stereocenters. The molecule has 1 aliphatic heterocycles. The third-order valence-electron chi connectivity index (χ3n) is 4.63. The summed E-state index contributed by atoms with van der Waals surface area (Å²) in [5, 5.41) is 2.88. The van der Waals surface area contributed by atoms with Gasteiger partial charge in [0.25, 0.3) is 0 Å². The molecule has 6 heteroatoms. The summed E-state index contributed by atoms with van der Waals surface area (Å²) in [4.78, 5) is 40.2. The molecule has 1 N–H and O–H groups in total. The molecule has 2 aromatic rings. The second kappa shape index (κ2) is 8.49. The Labute approximate surface area is 158 Å². The molecule has 2 aromatic carbocycles. The summed E-state index contributed by atoms with van der Waals surface area (Å²) >= 11 is 0. The summed E-state index contributed by atoms with van der Waals surface area (Å²) < 4.78 is 0. The van der Waals surface area contributed by atoms with E-state index in [1.165, 1.54) is 9.80 Å². The van der Waals surface area contributed by atoms with Crippen molar-refractivity contribution in [2.24, 2.45) is 5.92 Å². The van der Waals surface area contributed by atoms with Crippen LogP contribution in [0.5, 0.6) is 0 Å². The zero-order valence-corrected chi connectivity index (χ0v) is 15.3. The van der Waals surface area contributed by atoms with Gasteiger partial charge >= 0.3 is 11.8 Å². The van der Waals surface area contributed by atoms with Gasteiger partial charge in [0.15, 0.2) is 0 Å². The van der Waals surface area contributed by atoms with Crippen LogP contribution in [0.4, 0.5) is 5.69 Å². The van der Waals surface area contributed by atoms with E-state index in [0.29, 0.717) is 25.3 Å². The molecule has 1 heterocycles. The summed E-state index contributed by atoms with van der Waals surface area (Å²) in [5.41, 5.74) is 1.73. The number of nitrogens with zero attached hydrogens (tertiary/aromatic N) is 2. The van der Waals surface area contributed by atoms with Crippen LogP contribution in [0.3, 0.4) is 0 Å². The van der Waals surface area contributed by atoms with E-state index in [2.05, 4.69) is 5.32 Å². The number of piperazine rings is 1. The minimum absolute atomic E-state index is 0.135. The fourth-order valence-electron chi connectivity index (χ4n) is 3.08. The Morgan fingerprint density at radius 3 is 2.26 bits per heavy atom. The van der Waals surface area contributed by atoms with E-state index in [9.17, 15) is 14.4 Å². The van der Waals surface area contributed by atoms with Crippen LogP contribution in [-0.4, -0.2) is 42.3 Å². The minimum atomic E-state index is -0.562. The van der Waals surface area contributed by atoms with E-state index in [-0.39, 0.29) is 12.5 Å². The quantitative estimate of drug-likeness (QED) is 0.794. The molecule has 140 valence electrons. The highest BCUT2D eigenvalue weighted by molar-refractivity contribution is 6.41. The van der Waals surface area contributed by atoms with E-state index in [0.717, 1.165) is 5.56 Å². The van der Waals surface area contributed by atoms with Crippen molar-refractivity contribution < 1.29 is 14.4 Å². The van der Waals surface area contributed by atoms with Crippen molar-refractivity contribution in [3.05, 3.63) is 66.2 Å². The Hall–Kier alpha value is -3.15. The highest BCUT2D eigenvalue weighted by Gasteiger charge is 2.34. The number of amides is 3. The van der Waals surface area contributed by atoms with Gasteiger partial charge in [-0.15, -0.1) is 0 Å². The van der Waals surface area contributed by atoms with E-state index in [1.807, 2.05) is 48.5 Å². The zero-order valence-electron chi connectivity index (χ0n) is 15.3. The predicted molar refractivity (Wildman–Crippen MR) is 103 cm³/mol. The molecule has 0 aromatic heterocycles.